The minimum atomic E-state index is -1.80. The van der Waals surface area contributed by atoms with E-state index in [2.05, 4.69) is 54.3 Å². The molecule has 3 aromatic rings. The highest BCUT2D eigenvalue weighted by molar-refractivity contribution is 8.28. The summed E-state index contributed by atoms with van der Waals surface area (Å²) in [6.45, 7) is 6.16. The van der Waals surface area contributed by atoms with Gasteiger partial charge in [-0.3, -0.25) is 19.9 Å². The number of thioether (sulfide) groups is 1. The van der Waals surface area contributed by atoms with Crippen LogP contribution in [0.5, 0.6) is 5.75 Å². The van der Waals surface area contributed by atoms with E-state index in [0.717, 1.165) is 24.3 Å². The van der Waals surface area contributed by atoms with Gasteiger partial charge in [-0.1, -0.05) is 59.9 Å². The van der Waals surface area contributed by atoms with E-state index in [4.69, 9.17) is 49.9 Å². The molecule has 2 saturated heterocycles. The summed E-state index contributed by atoms with van der Waals surface area (Å²) < 4.78 is 41.7. The predicted octanol–water partition coefficient (Wildman–Crippen LogP) is 4.47. The van der Waals surface area contributed by atoms with Gasteiger partial charge >= 0.3 is 6.09 Å². The molecule has 0 radical (unpaired) electrons. The zero-order valence-electron chi connectivity index (χ0n) is 40.2. The van der Waals surface area contributed by atoms with Gasteiger partial charge in [-0.05, 0) is 67.0 Å². The first-order valence-electron chi connectivity index (χ1n) is 22.8. The molecule has 4 heterocycles. The molecule has 10 unspecified atom stereocenters. The number of amides is 1. The maximum Gasteiger partial charge on any atom is 0.411 e. The molecular weight excluding hydrogens is 975 g/mol. The lowest BCUT2D eigenvalue weighted by Gasteiger charge is -2.51. The average molecular weight is 1030 g/mol. The van der Waals surface area contributed by atoms with Crippen molar-refractivity contribution in [2.24, 2.45) is 11.0 Å². The highest BCUT2D eigenvalue weighted by atomic mass is 32.8. The Hall–Kier alpha value is -5.17. The smallest absolute Gasteiger partial charge is 0.411 e. The van der Waals surface area contributed by atoms with Crippen molar-refractivity contribution < 1.29 is 57.8 Å². The number of hydrogen-bond donors (Lipinski definition) is 5. The number of alkyl carbamates (subject to hydrolysis) is 1. The number of fused-ring (bicyclic) bond motifs is 4. The van der Waals surface area contributed by atoms with Gasteiger partial charge < -0.3 is 53.7 Å². The fourth-order valence-corrected chi connectivity index (χ4v) is 11.0. The maximum absolute atomic E-state index is 15.5. The molecule has 4 aliphatic rings. The molecule has 22 heteroatoms. The zero-order valence-corrected chi connectivity index (χ0v) is 42.7. The summed E-state index contributed by atoms with van der Waals surface area (Å²) in [5, 5.41) is 35.8. The summed E-state index contributed by atoms with van der Waals surface area (Å²) in [5.74, 6) is 10.5. The monoisotopic (exact) mass is 1030 g/mol. The molecule has 2 aliphatic carbocycles. The van der Waals surface area contributed by atoms with E-state index in [-0.39, 0.29) is 61.3 Å². The molecule has 2 aromatic heterocycles. The third kappa shape index (κ3) is 11.7. The molecule has 71 heavy (non-hydrogen) atoms. The van der Waals surface area contributed by atoms with E-state index >= 15 is 4.79 Å². The molecule has 7 rings (SSSR count). The summed E-state index contributed by atoms with van der Waals surface area (Å²) >= 11 is 6.62. The van der Waals surface area contributed by atoms with Crippen molar-refractivity contribution in [1.82, 2.24) is 20.6 Å². The number of aliphatic hydroxyl groups excluding tert-OH is 2. The Balaban J connectivity index is 1.33. The Bertz CT molecular complexity index is 2810. The number of H-pyrrole nitrogens is 1. The SMILES string of the molecule is COC(=O)NC1=C2C#C/C=C\C#C[C@H](OC3OC(C)C(SC)(C(=O)c4nccc5c4[nH]c4ccc(OCCN=[N+]=[N-])cc45)C(O)C3OC3CC(OC)C(NC(C)C)CO3)C2/C(=C\CS(C)=S)[C@@H](O)CC1=O. The largest absolute Gasteiger partial charge is 0.493 e. The van der Waals surface area contributed by atoms with E-state index in [1.807, 2.05) is 26.2 Å². The van der Waals surface area contributed by atoms with Crippen molar-refractivity contribution in [2.45, 2.75) is 99.6 Å². The van der Waals surface area contributed by atoms with Gasteiger partial charge in [-0.25, -0.2) is 4.79 Å². The van der Waals surface area contributed by atoms with Crippen molar-refractivity contribution in [3.05, 3.63) is 81.7 Å². The van der Waals surface area contributed by atoms with Gasteiger partial charge in [0.2, 0.25) is 5.78 Å². The van der Waals surface area contributed by atoms with Gasteiger partial charge in [-0.2, -0.15) is 0 Å². The van der Waals surface area contributed by atoms with Crippen molar-refractivity contribution in [3.63, 3.8) is 0 Å². The number of hydrogen-bond acceptors (Lipinski definition) is 17. The second-order valence-electron chi connectivity index (χ2n) is 17.4. The summed E-state index contributed by atoms with van der Waals surface area (Å²) in [4.78, 5) is 52.9. The third-order valence-electron chi connectivity index (χ3n) is 12.6. The zero-order chi connectivity index (χ0) is 51.0. The van der Waals surface area contributed by atoms with Crippen LogP contribution in [0.25, 0.3) is 32.2 Å². The first-order chi connectivity index (χ1) is 34.1. The number of ether oxygens (including phenoxy) is 7. The van der Waals surface area contributed by atoms with Gasteiger partial charge in [0.15, 0.2) is 18.4 Å². The van der Waals surface area contributed by atoms with Crippen LogP contribution in [-0.4, -0.2) is 156 Å². The van der Waals surface area contributed by atoms with Crippen LogP contribution in [0.15, 0.2) is 70.6 Å². The van der Waals surface area contributed by atoms with Crippen LogP contribution in [0.3, 0.4) is 0 Å². The molecule has 1 aromatic carbocycles. The summed E-state index contributed by atoms with van der Waals surface area (Å²) in [5.41, 5.74) is 9.98. The lowest BCUT2D eigenvalue weighted by Crippen LogP contribution is -2.69. The first-order valence-corrected chi connectivity index (χ1v) is 26.8. The topological polar surface area (TPSA) is 258 Å². The van der Waals surface area contributed by atoms with Crippen LogP contribution in [0.4, 0.5) is 4.79 Å². The molecule has 378 valence electrons. The molecule has 2 aliphatic heterocycles. The number of carbonyl (C=O) groups excluding carboxylic acids is 3. The molecule has 2 fully saturated rings. The number of rotatable bonds is 17. The molecule has 0 saturated carbocycles. The molecule has 1 amide bonds. The first kappa shape index (κ1) is 53.6. The van der Waals surface area contributed by atoms with E-state index in [1.54, 1.807) is 44.6 Å². The fourth-order valence-electron chi connectivity index (χ4n) is 9.29. The molecule has 5 N–H and O–H groups in total. The number of aromatic nitrogens is 2. The number of benzene rings is 1. The van der Waals surface area contributed by atoms with E-state index in [1.165, 1.54) is 18.3 Å². The van der Waals surface area contributed by atoms with Gasteiger partial charge in [0.05, 0.1) is 68.4 Å². The number of azide groups is 1. The molecule has 12 atom stereocenters. The summed E-state index contributed by atoms with van der Waals surface area (Å²) in [6, 6.07) is 7.07. The highest BCUT2D eigenvalue weighted by Crippen LogP contribution is 2.46. The number of aromatic amines is 1. The van der Waals surface area contributed by atoms with Crippen LogP contribution in [0, 0.1) is 29.6 Å². The standard InChI is InChI=1S/C49H57N7O12S3/c1-26(2)53-34-25-65-39(24-38(34)62-4)68-44-46(60)49(70-6,45(59)43-42-29(16-18-51-43)32-22-28(14-15-33(32)54-42)64-20-19-52-56-50)27(3)66-47(44)67-37-13-11-9-8-10-12-31-40(37)30(17-21-71(7)69)35(57)23-36(58)41(31)55-48(61)63-5/h8-9,14-18,22,26-27,34-35,37-40,44,46-47,53-54,57,60H,19-21,23-25H2,1-7H3,(H,55,61)/b9-8-,30-17-/t27?,34?,35-,37-,38?,39?,40?,44?,46?,47?,49?,71?/m0/s1. The van der Waals surface area contributed by atoms with Crippen LogP contribution in [0.2, 0.25) is 0 Å². The lowest BCUT2D eigenvalue weighted by molar-refractivity contribution is -0.326. The number of methoxy groups -OCH3 is 2. The van der Waals surface area contributed by atoms with Crippen molar-refractivity contribution >= 4 is 71.9 Å². The normalized spacial score (nSPS) is 30.1. The Morgan fingerprint density at radius 3 is 2.70 bits per heavy atom. The number of Topliss-reactive ketones (excluding diaryl/α,β-unsaturated/α-hetero) is 2. The van der Waals surface area contributed by atoms with Gasteiger partial charge in [0, 0.05) is 64.7 Å². The predicted molar refractivity (Wildman–Crippen MR) is 271 cm³/mol. The van der Waals surface area contributed by atoms with Crippen LogP contribution < -0.4 is 15.4 Å². The minimum absolute atomic E-state index is 0.0268. The van der Waals surface area contributed by atoms with Crippen LogP contribution >= 0.6 is 11.8 Å². The Morgan fingerprint density at radius 2 is 1.99 bits per heavy atom. The minimum Gasteiger partial charge on any atom is -0.493 e. The van der Waals surface area contributed by atoms with Crippen LogP contribution in [-0.2, 0) is 53.9 Å². The highest BCUT2D eigenvalue weighted by Gasteiger charge is 2.61. The lowest BCUT2D eigenvalue weighted by atomic mass is 9.82. The van der Waals surface area contributed by atoms with Crippen molar-refractivity contribution in [3.8, 4) is 29.4 Å². The molecule has 0 bridgehead atoms. The van der Waals surface area contributed by atoms with Crippen molar-refractivity contribution in [1.29, 1.82) is 0 Å². The molecular formula is C49H57N7O12S3. The number of pyridine rings is 1. The number of aliphatic hydroxyl groups is 2. The van der Waals surface area contributed by atoms with Crippen molar-refractivity contribution in [2.75, 3.05) is 52.2 Å². The number of nitrogens with one attached hydrogen (secondary N) is 3. The van der Waals surface area contributed by atoms with Gasteiger partial charge in [-0.15, -0.1) is 21.2 Å². The number of nitrogens with zero attached hydrogens (tertiary/aromatic N) is 4. The number of allylic oxidation sites excluding steroid dienone is 3. The average Bonchev–Trinajstić information content (AvgIpc) is 3.72. The second kappa shape index (κ2) is 24.0. The Labute approximate surface area is 422 Å². The quantitative estimate of drug-likeness (QED) is 0.0238. The second-order valence-corrected chi connectivity index (χ2v) is 21.6. The molecule has 19 nitrogen and oxygen atoms in total. The third-order valence-corrected chi connectivity index (χ3v) is 15.1. The van der Waals surface area contributed by atoms with E-state index in [9.17, 15) is 19.8 Å². The van der Waals surface area contributed by atoms with Gasteiger partial charge in [0.25, 0.3) is 0 Å². The molecule has 0 spiro atoms. The summed E-state index contributed by atoms with van der Waals surface area (Å²) in [6.07, 6.45) is -1.28. The fraction of sp³-hybridized carbons (Fsp3) is 0.510. The number of carbonyl (C=O) groups is 3. The number of ketones is 2. The van der Waals surface area contributed by atoms with Crippen LogP contribution in [0.1, 0.15) is 44.1 Å². The Kier molecular flexibility index (Phi) is 18.2. The van der Waals surface area contributed by atoms with E-state index in [0.29, 0.717) is 33.5 Å². The van der Waals surface area contributed by atoms with Gasteiger partial charge in [0.1, 0.15) is 34.5 Å². The summed E-state index contributed by atoms with van der Waals surface area (Å²) in [7, 11) is 2.17. The Morgan fingerprint density at radius 1 is 1.20 bits per heavy atom. The maximum atomic E-state index is 15.5. The van der Waals surface area contributed by atoms with E-state index < -0.39 is 87.3 Å².